The molecule has 0 aromatic heterocycles. The van der Waals surface area contributed by atoms with Gasteiger partial charge in [-0.1, -0.05) is 13.8 Å². The van der Waals surface area contributed by atoms with Gasteiger partial charge in [0.2, 0.25) is 0 Å². The van der Waals surface area contributed by atoms with Gasteiger partial charge in [-0.3, -0.25) is 0 Å². The topological polar surface area (TPSA) is 26.0 Å². The highest BCUT2D eigenvalue weighted by molar-refractivity contribution is 8.00. The van der Waals surface area contributed by atoms with Gasteiger partial charge in [0.15, 0.2) is 0 Å². The maximum Gasteiger partial charge on any atom is 0.00529 e. The maximum absolute atomic E-state index is 5.68. The lowest BCUT2D eigenvalue weighted by molar-refractivity contribution is 0.341. The van der Waals surface area contributed by atoms with Crippen LogP contribution in [0.2, 0.25) is 0 Å². The molecule has 1 aliphatic heterocycles. The van der Waals surface area contributed by atoms with E-state index in [1.165, 1.54) is 25.0 Å². The van der Waals surface area contributed by atoms with Crippen molar-refractivity contribution in [2.45, 2.75) is 38.4 Å². The summed E-state index contributed by atoms with van der Waals surface area (Å²) in [5.74, 6) is 1.37. The van der Waals surface area contributed by atoms with Crippen molar-refractivity contribution in [3.8, 4) is 0 Å². The van der Waals surface area contributed by atoms with Crippen LogP contribution in [0.15, 0.2) is 0 Å². The third kappa shape index (κ3) is 3.04. The number of thioether (sulfide) groups is 1. The van der Waals surface area contributed by atoms with Gasteiger partial charge in [-0.05, 0) is 37.0 Å². The van der Waals surface area contributed by atoms with Gasteiger partial charge >= 0.3 is 0 Å². The Labute approximate surface area is 74.1 Å². The molecule has 1 nitrogen and oxygen atoms in total. The smallest absolute Gasteiger partial charge is 0.00529 e. The second-order valence-electron chi connectivity index (χ2n) is 4.21. The summed E-state index contributed by atoms with van der Waals surface area (Å²) in [5, 5.41) is 0.897. The Morgan fingerprint density at radius 2 is 2.27 bits per heavy atom. The fraction of sp³-hybridized carbons (Fsp3) is 1.00. The van der Waals surface area contributed by atoms with E-state index in [1.807, 2.05) is 0 Å². The van der Waals surface area contributed by atoms with Crippen LogP contribution in [0, 0.1) is 5.41 Å². The lowest BCUT2D eigenvalue weighted by Gasteiger charge is -2.25. The van der Waals surface area contributed by atoms with E-state index < -0.39 is 0 Å². The second-order valence-corrected chi connectivity index (χ2v) is 5.62. The van der Waals surface area contributed by atoms with Gasteiger partial charge in [-0.25, -0.2) is 0 Å². The average Bonchev–Trinajstić information content (AvgIpc) is 2.39. The highest BCUT2D eigenvalue weighted by Crippen LogP contribution is 2.35. The first kappa shape index (κ1) is 9.40. The van der Waals surface area contributed by atoms with Gasteiger partial charge in [0.05, 0.1) is 0 Å². The van der Waals surface area contributed by atoms with E-state index in [1.54, 1.807) is 0 Å². The molecule has 11 heavy (non-hydrogen) atoms. The molecule has 2 heteroatoms. The number of nitrogens with two attached hydrogens (primary N) is 1. The van der Waals surface area contributed by atoms with Crippen LogP contribution in [0.1, 0.15) is 33.1 Å². The monoisotopic (exact) mass is 173 g/mol. The highest BCUT2D eigenvalue weighted by Gasteiger charge is 2.24. The molecule has 1 atom stereocenters. The largest absolute Gasteiger partial charge is 0.330 e. The zero-order chi connectivity index (χ0) is 8.32. The van der Waals surface area contributed by atoms with E-state index in [0.717, 1.165) is 11.8 Å². The minimum Gasteiger partial charge on any atom is -0.330 e. The molecule has 0 aliphatic carbocycles. The molecule has 0 aromatic rings. The van der Waals surface area contributed by atoms with Crippen molar-refractivity contribution in [1.82, 2.24) is 0 Å². The van der Waals surface area contributed by atoms with E-state index in [2.05, 4.69) is 25.6 Å². The van der Waals surface area contributed by atoms with Crippen molar-refractivity contribution in [3.05, 3.63) is 0 Å². The molecule has 1 rings (SSSR count). The summed E-state index contributed by atoms with van der Waals surface area (Å²) in [5.41, 5.74) is 6.04. The van der Waals surface area contributed by atoms with Crippen LogP contribution in [-0.2, 0) is 0 Å². The van der Waals surface area contributed by atoms with Crippen molar-refractivity contribution < 1.29 is 0 Å². The molecule has 0 bridgehead atoms. The van der Waals surface area contributed by atoms with Crippen LogP contribution < -0.4 is 5.73 Å². The Bertz CT molecular complexity index is 117. The first-order valence-corrected chi connectivity index (χ1v) is 5.50. The van der Waals surface area contributed by atoms with Crippen LogP contribution in [0.5, 0.6) is 0 Å². The molecule has 1 saturated heterocycles. The van der Waals surface area contributed by atoms with Crippen LogP contribution >= 0.6 is 11.8 Å². The standard InChI is InChI=1S/C9H19NS/c1-9(2,7-10)6-8-4-3-5-11-8/h8H,3-7,10H2,1-2H3. The summed E-state index contributed by atoms with van der Waals surface area (Å²) < 4.78 is 0. The second kappa shape index (κ2) is 3.81. The summed E-state index contributed by atoms with van der Waals surface area (Å²) in [4.78, 5) is 0. The van der Waals surface area contributed by atoms with E-state index in [-0.39, 0.29) is 0 Å². The fourth-order valence-corrected chi connectivity index (χ4v) is 3.07. The van der Waals surface area contributed by atoms with Gasteiger partial charge in [0, 0.05) is 5.25 Å². The molecule has 1 fully saturated rings. The molecule has 0 saturated carbocycles. The molecule has 1 aliphatic rings. The third-order valence-electron chi connectivity index (χ3n) is 2.36. The first-order valence-electron chi connectivity index (χ1n) is 4.46. The zero-order valence-corrected chi connectivity index (χ0v) is 8.41. The zero-order valence-electron chi connectivity index (χ0n) is 7.60. The SMILES string of the molecule is CC(C)(CN)CC1CCCS1. The van der Waals surface area contributed by atoms with Crippen LogP contribution in [-0.4, -0.2) is 17.5 Å². The molecule has 1 unspecified atom stereocenters. The summed E-state index contributed by atoms with van der Waals surface area (Å²) in [6.45, 7) is 5.36. The fourth-order valence-electron chi connectivity index (χ4n) is 1.50. The van der Waals surface area contributed by atoms with Crippen molar-refractivity contribution in [2.24, 2.45) is 11.1 Å². The first-order chi connectivity index (χ1) is 5.14. The molecule has 2 N–H and O–H groups in total. The molecule has 1 heterocycles. The number of hydrogen-bond donors (Lipinski definition) is 1. The molecule has 0 amide bonds. The molecule has 0 radical (unpaired) electrons. The molecule has 0 aromatic carbocycles. The summed E-state index contributed by atoms with van der Waals surface area (Å²) in [6, 6.07) is 0. The maximum atomic E-state index is 5.68. The van der Waals surface area contributed by atoms with Crippen molar-refractivity contribution in [3.63, 3.8) is 0 Å². The minimum atomic E-state index is 0.363. The van der Waals surface area contributed by atoms with E-state index in [0.29, 0.717) is 5.41 Å². The number of rotatable bonds is 3. The lowest BCUT2D eigenvalue weighted by Crippen LogP contribution is -2.26. The van der Waals surface area contributed by atoms with Gasteiger partial charge in [0.25, 0.3) is 0 Å². The summed E-state index contributed by atoms with van der Waals surface area (Å²) in [7, 11) is 0. The van der Waals surface area contributed by atoms with Crippen LogP contribution in [0.25, 0.3) is 0 Å². The van der Waals surface area contributed by atoms with Gasteiger partial charge < -0.3 is 5.73 Å². The van der Waals surface area contributed by atoms with Gasteiger partial charge in [-0.2, -0.15) is 11.8 Å². The molecule has 0 spiro atoms. The van der Waals surface area contributed by atoms with E-state index >= 15 is 0 Å². The Hall–Kier alpha value is 0.310. The normalized spacial score (nSPS) is 25.9. The Morgan fingerprint density at radius 1 is 1.55 bits per heavy atom. The Morgan fingerprint density at radius 3 is 2.73 bits per heavy atom. The summed E-state index contributed by atoms with van der Waals surface area (Å²) >= 11 is 2.13. The van der Waals surface area contributed by atoms with Crippen molar-refractivity contribution in [1.29, 1.82) is 0 Å². The average molecular weight is 173 g/mol. The van der Waals surface area contributed by atoms with Crippen LogP contribution in [0.4, 0.5) is 0 Å². The Kier molecular flexibility index (Phi) is 3.26. The predicted octanol–water partition coefficient (Wildman–Crippen LogP) is 2.26. The van der Waals surface area contributed by atoms with Crippen molar-refractivity contribution >= 4 is 11.8 Å². The molecular weight excluding hydrogens is 154 g/mol. The third-order valence-corrected chi connectivity index (χ3v) is 3.75. The summed E-state index contributed by atoms with van der Waals surface area (Å²) in [6.07, 6.45) is 4.12. The van der Waals surface area contributed by atoms with Gasteiger partial charge in [0.1, 0.15) is 0 Å². The highest BCUT2D eigenvalue weighted by atomic mass is 32.2. The van der Waals surface area contributed by atoms with Crippen LogP contribution in [0.3, 0.4) is 0 Å². The molecule has 66 valence electrons. The van der Waals surface area contributed by atoms with E-state index in [9.17, 15) is 0 Å². The number of hydrogen-bond acceptors (Lipinski definition) is 2. The van der Waals surface area contributed by atoms with Crippen molar-refractivity contribution in [2.75, 3.05) is 12.3 Å². The molecular formula is C9H19NS. The predicted molar refractivity (Wildman–Crippen MR) is 52.9 cm³/mol. The quantitative estimate of drug-likeness (QED) is 0.708. The Balaban J connectivity index is 2.28. The van der Waals surface area contributed by atoms with E-state index in [4.69, 9.17) is 5.73 Å². The van der Waals surface area contributed by atoms with Gasteiger partial charge in [-0.15, -0.1) is 0 Å². The minimum absolute atomic E-state index is 0.363. The lowest BCUT2D eigenvalue weighted by atomic mass is 9.87.